The van der Waals surface area contributed by atoms with Crippen LogP contribution in [0.5, 0.6) is 0 Å². The summed E-state index contributed by atoms with van der Waals surface area (Å²) >= 11 is 0. The molecule has 0 aliphatic heterocycles. The van der Waals surface area contributed by atoms with Gasteiger partial charge < -0.3 is 4.74 Å². The first-order valence-corrected chi connectivity index (χ1v) is 6.15. The number of rotatable bonds is 2. The van der Waals surface area contributed by atoms with Gasteiger partial charge in [0.2, 0.25) is 0 Å². The highest BCUT2D eigenvalue weighted by atomic mass is 16.5. The second-order valence-corrected chi connectivity index (χ2v) is 5.44. The minimum absolute atomic E-state index is 0.413. The summed E-state index contributed by atoms with van der Waals surface area (Å²) in [6.45, 7) is 9.40. The van der Waals surface area contributed by atoms with Crippen molar-refractivity contribution in [3.05, 3.63) is 11.1 Å². The third-order valence-electron chi connectivity index (χ3n) is 3.64. The molecule has 0 bridgehead atoms. The lowest BCUT2D eigenvalue weighted by molar-refractivity contribution is -0.115. The van der Waals surface area contributed by atoms with E-state index in [1.54, 1.807) is 7.11 Å². The molecule has 0 aromatic rings. The van der Waals surface area contributed by atoms with Gasteiger partial charge in [0.25, 0.3) is 0 Å². The van der Waals surface area contributed by atoms with E-state index in [2.05, 4.69) is 25.5 Å². The van der Waals surface area contributed by atoms with Crippen molar-refractivity contribution in [2.75, 3.05) is 13.7 Å². The third kappa shape index (κ3) is 2.94. The maximum Gasteiger partial charge on any atom is 0.159 e. The van der Waals surface area contributed by atoms with E-state index in [9.17, 15) is 4.79 Å². The summed E-state index contributed by atoms with van der Waals surface area (Å²) in [4.78, 5) is 11.5. The number of carbonyl (C=O) groups excluding carboxylic acids is 1. The highest BCUT2D eigenvalue weighted by Gasteiger charge is 2.50. The van der Waals surface area contributed by atoms with Crippen LogP contribution in [0.2, 0.25) is 0 Å². The summed E-state index contributed by atoms with van der Waals surface area (Å²) in [6.07, 6.45) is 3.00. The van der Waals surface area contributed by atoms with Crippen molar-refractivity contribution in [3.63, 3.8) is 0 Å². The Morgan fingerprint density at radius 1 is 1.38 bits per heavy atom. The van der Waals surface area contributed by atoms with Crippen LogP contribution in [0.1, 0.15) is 47.0 Å². The van der Waals surface area contributed by atoms with E-state index in [0.29, 0.717) is 17.1 Å². The van der Waals surface area contributed by atoms with Crippen molar-refractivity contribution in [1.29, 1.82) is 0 Å². The van der Waals surface area contributed by atoms with Crippen molar-refractivity contribution < 1.29 is 9.53 Å². The van der Waals surface area contributed by atoms with Crippen LogP contribution in [0.4, 0.5) is 0 Å². The first-order valence-electron chi connectivity index (χ1n) is 6.15. The van der Waals surface area contributed by atoms with Gasteiger partial charge in [-0.25, -0.2) is 0 Å². The second-order valence-electron chi connectivity index (χ2n) is 5.44. The van der Waals surface area contributed by atoms with Crippen molar-refractivity contribution in [3.8, 4) is 0 Å². The van der Waals surface area contributed by atoms with Crippen LogP contribution >= 0.6 is 0 Å². The zero-order valence-corrected chi connectivity index (χ0v) is 11.2. The number of hydrogen-bond donors (Lipinski definition) is 0. The molecule has 1 unspecified atom stereocenters. The highest BCUT2D eigenvalue weighted by Crippen LogP contribution is 2.57. The van der Waals surface area contributed by atoms with Crippen LogP contribution in [0.3, 0.4) is 0 Å². The lowest BCUT2D eigenvalue weighted by Gasteiger charge is -2.04. The Morgan fingerprint density at radius 3 is 2.12 bits per heavy atom. The highest BCUT2D eigenvalue weighted by molar-refractivity contribution is 5.99. The molecule has 2 aliphatic carbocycles. The van der Waals surface area contributed by atoms with Crippen molar-refractivity contribution >= 4 is 5.78 Å². The lowest BCUT2D eigenvalue weighted by Crippen LogP contribution is -2.02. The summed E-state index contributed by atoms with van der Waals surface area (Å²) in [5.41, 5.74) is 2.95. The van der Waals surface area contributed by atoms with Crippen LogP contribution in [0.15, 0.2) is 11.1 Å². The summed E-state index contributed by atoms with van der Waals surface area (Å²) in [5.74, 6) is 1.01. The third-order valence-corrected chi connectivity index (χ3v) is 3.64. The average Bonchev–Trinajstić information content (AvgIpc) is 2.71. The molecule has 0 aromatic heterocycles. The maximum absolute atomic E-state index is 11.5. The first-order chi connectivity index (χ1) is 7.44. The Kier molecular flexibility index (Phi) is 4.31. The van der Waals surface area contributed by atoms with E-state index >= 15 is 0 Å². The number of ketones is 1. The van der Waals surface area contributed by atoms with Gasteiger partial charge in [0.1, 0.15) is 0 Å². The van der Waals surface area contributed by atoms with E-state index in [0.717, 1.165) is 19.4 Å². The van der Waals surface area contributed by atoms with E-state index in [1.165, 1.54) is 17.6 Å². The number of ether oxygens (including phenoxy) is 1. The Balaban J connectivity index is 0.000000280. The monoisotopic (exact) mass is 224 g/mol. The Morgan fingerprint density at radius 2 is 1.88 bits per heavy atom. The van der Waals surface area contributed by atoms with Crippen LogP contribution in [0.25, 0.3) is 0 Å². The van der Waals surface area contributed by atoms with Crippen LogP contribution < -0.4 is 0 Å². The molecule has 0 heterocycles. The molecule has 2 aliphatic rings. The van der Waals surface area contributed by atoms with Gasteiger partial charge in [-0.1, -0.05) is 19.4 Å². The second kappa shape index (κ2) is 5.13. The van der Waals surface area contributed by atoms with Gasteiger partial charge in [-0.2, -0.15) is 0 Å². The number of hydrogen-bond acceptors (Lipinski definition) is 2. The van der Waals surface area contributed by atoms with E-state index < -0.39 is 0 Å². The molecule has 0 radical (unpaired) electrons. The summed E-state index contributed by atoms with van der Waals surface area (Å²) in [7, 11) is 1.68. The smallest absolute Gasteiger partial charge is 0.159 e. The quantitative estimate of drug-likeness (QED) is 0.719. The Hall–Kier alpha value is -0.630. The summed E-state index contributed by atoms with van der Waals surface area (Å²) < 4.78 is 4.54. The molecule has 0 amide bonds. The molecule has 1 saturated carbocycles. The van der Waals surface area contributed by atoms with Gasteiger partial charge in [0.15, 0.2) is 5.78 Å². The Labute approximate surface area is 99.1 Å². The topological polar surface area (TPSA) is 26.3 Å². The molecule has 0 aromatic carbocycles. The molecule has 2 rings (SSSR count). The first kappa shape index (κ1) is 13.4. The van der Waals surface area contributed by atoms with Gasteiger partial charge in [-0.15, -0.1) is 0 Å². The number of Topliss-reactive ketones (excluding diaryl/α,β-unsaturated/α-hetero) is 1. The average molecular weight is 224 g/mol. The maximum atomic E-state index is 11.5. The fourth-order valence-corrected chi connectivity index (χ4v) is 2.26. The van der Waals surface area contributed by atoms with Gasteiger partial charge in [0.05, 0.1) is 0 Å². The van der Waals surface area contributed by atoms with E-state index in [-0.39, 0.29) is 0 Å². The molecule has 0 saturated heterocycles. The predicted octanol–water partition coefficient (Wildman–Crippen LogP) is 3.36. The molecule has 1 atom stereocenters. The fourth-order valence-electron chi connectivity index (χ4n) is 2.26. The van der Waals surface area contributed by atoms with Gasteiger partial charge >= 0.3 is 0 Å². The number of allylic oxidation sites excluding steroid dienone is 2. The van der Waals surface area contributed by atoms with Gasteiger partial charge in [-0.3, -0.25) is 4.79 Å². The van der Waals surface area contributed by atoms with E-state index in [1.807, 2.05) is 6.92 Å². The molecule has 92 valence electrons. The van der Waals surface area contributed by atoms with Crippen LogP contribution in [-0.2, 0) is 9.53 Å². The predicted molar refractivity (Wildman–Crippen MR) is 66.4 cm³/mol. The molecular weight excluding hydrogens is 200 g/mol. The van der Waals surface area contributed by atoms with Crippen LogP contribution in [0, 0.1) is 11.3 Å². The molecule has 0 spiro atoms. The van der Waals surface area contributed by atoms with Gasteiger partial charge in [-0.05, 0) is 43.6 Å². The lowest BCUT2D eigenvalue weighted by atomic mass is 10.00. The normalized spacial score (nSPS) is 26.6. The molecular formula is C14H24O2. The zero-order chi connectivity index (χ0) is 12.3. The van der Waals surface area contributed by atoms with Gasteiger partial charge in [0, 0.05) is 20.1 Å². The van der Waals surface area contributed by atoms with Crippen LogP contribution in [-0.4, -0.2) is 19.5 Å². The SMILES string of the molecule is CC1=C(C2CC2(C)C)C(=O)CC1.CCOC. The minimum Gasteiger partial charge on any atom is -0.385 e. The molecule has 16 heavy (non-hydrogen) atoms. The van der Waals surface area contributed by atoms with Crippen molar-refractivity contribution in [2.45, 2.75) is 47.0 Å². The van der Waals surface area contributed by atoms with Crippen molar-refractivity contribution in [1.82, 2.24) is 0 Å². The summed E-state index contributed by atoms with van der Waals surface area (Å²) in [6, 6.07) is 0. The molecule has 2 nitrogen and oxygen atoms in total. The standard InChI is InChI=1S/C11H16O.C3H8O/c1-7-4-5-9(12)10(7)8-6-11(8,2)3;1-3-4-2/h8H,4-6H2,1-3H3;3H2,1-2H3. The molecule has 2 heteroatoms. The Bertz CT molecular complexity index is 298. The van der Waals surface area contributed by atoms with E-state index in [4.69, 9.17) is 0 Å². The molecule has 0 N–H and O–H groups in total. The number of methoxy groups -OCH3 is 1. The van der Waals surface area contributed by atoms with Crippen molar-refractivity contribution in [2.24, 2.45) is 11.3 Å². The minimum atomic E-state index is 0.413. The summed E-state index contributed by atoms with van der Waals surface area (Å²) in [5, 5.41) is 0. The largest absolute Gasteiger partial charge is 0.385 e. The number of carbonyl (C=O) groups is 1. The zero-order valence-electron chi connectivity index (χ0n) is 11.2. The fraction of sp³-hybridized carbons (Fsp3) is 0.786. The molecule has 1 fully saturated rings.